The Morgan fingerprint density at radius 3 is 2.50 bits per heavy atom. The number of carboxylic acids is 1. The molecule has 18 heavy (non-hydrogen) atoms. The second-order valence-corrected chi connectivity index (χ2v) is 6.57. The molecule has 0 bridgehead atoms. The first-order valence-electron chi connectivity index (χ1n) is 6.24. The van der Waals surface area contributed by atoms with Crippen LogP contribution in [0.15, 0.2) is 0 Å². The summed E-state index contributed by atoms with van der Waals surface area (Å²) in [6.07, 6.45) is 2.20. The maximum absolute atomic E-state index is 11.7. The van der Waals surface area contributed by atoms with Crippen LogP contribution in [0.3, 0.4) is 0 Å². The Morgan fingerprint density at radius 1 is 1.33 bits per heavy atom. The van der Waals surface area contributed by atoms with Crippen LogP contribution in [0.25, 0.3) is 0 Å². The average Bonchev–Trinajstić information content (AvgIpc) is 2.25. The number of carbonyl (C=O) groups excluding carboxylic acids is 1. The van der Waals surface area contributed by atoms with Gasteiger partial charge in [-0.3, -0.25) is 4.79 Å². The van der Waals surface area contributed by atoms with Crippen molar-refractivity contribution in [2.45, 2.75) is 38.6 Å². The first kappa shape index (κ1) is 15.1. The van der Waals surface area contributed by atoms with Crippen molar-refractivity contribution in [2.75, 3.05) is 18.1 Å². The molecule has 0 aliphatic carbocycles. The molecule has 1 fully saturated rings. The largest absolute Gasteiger partial charge is 0.481 e. The molecule has 0 saturated carbocycles. The van der Waals surface area contributed by atoms with E-state index in [2.05, 4.69) is 10.6 Å². The lowest BCUT2D eigenvalue weighted by molar-refractivity contribution is -0.138. The van der Waals surface area contributed by atoms with Crippen molar-refractivity contribution in [3.8, 4) is 0 Å². The van der Waals surface area contributed by atoms with Crippen LogP contribution in [-0.4, -0.2) is 40.7 Å². The number of hydrogen-bond donors (Lipinski definition) is 3. The maximum Gasteiger partial charge on any atom is 0.315 e. The number of urea groups is 1. The van der Waals surface area contributed by atoms with Gasteiger partial charge < -0.3 is 15.7 Å². The van der Waals surface area contributed by atoms with E-state index in [4.69, 9.17) is 5.11 Å². The van der Waals surface area contributed by atoms with Gasteiger partial charge in [0.1, 0.15) is 0 Å². The number of nitrogens with one attached hydrogen (secondary N) is 2. The molecule has 0 spiro atoms. The van der Waals surface area contributed by atoms with Crippen molar-refractivity contribution in [3.05, 3.63) is 0 Å². The van der Waals surface area contributed by atoms with Crippen LogP contribution in [-0.2, 0) is 4.79 Å². The molecule has 1 rings (SSSR count). The molecular weight excluding hydrogens is 252 g/mol. The summed E-state index contributed by atoms with van der Waals surface area (Å²) < 4.78 is 0. The van der Waals surface area contributed by atoms with E-state index in [1.807, 2.05) is 11.8 Å². The first-order valence-corrected chi connectivity index (χ1v) is 7.40. The fourth-order valence-corrected chi connectivity index (χ4v) is 3.17. The minimum Gasteiger partial charge on any atom is -0.481 e. The van der Waals surface area contributed by atoms with Crippen molar-refractivity contribution in [1.29, 1.82) is 0 Å². The van der Waals surface area contributed by atoms with Gasteiger partial charge in [0.25, 0.3) is 0 Å². The number of carboxylic acid groups (broad SMARTS) is 1. The van der Waals surface area contributed by atoms with E-state index in [-0.39, 0.29) is 12.5 Å². The average molecular weight is 274 g/mol. The molecule has 5 nitrogen and oxygen atoms in total. The number of aliphatic carboxylic acids is 1. The third-order valence-electron chi connectivity index (χ3n) is 2.94. The predicted octanol–water partition coefficient (Wildman–Crippen LogP) is 1.68. The fourth-order valence-electron chi connectivity index (χ4n) is 1.96. The predicted molar refractivity (Wildman–Crippen MR) is 72.9 cm³/mol. The number of thioether (sulfide) groups is 1. The SMILES string of the molecule is CC(C)(CC(=O)O)NC(=O)NCC1CCSCC1. The van der Waals surface area contributed by atoms with Crippen LogP contribution in [0.5, 0.6) is 0 Å². The minimum absolute atomic E-state index is 0.0828. The Kier molecular flexibility index (Phi) is 5.78. The monoisotopic (exact) mass is 274 g/mol. The minimum atomic E-state index is -0.912. The van der Waals surface area contributed by atoms with Gasteiger partial charge in [0.05, 0.1) is 6.42 Å². The zero-order chi connectivity index (χ0) is 13.6. The van der Waals surface area contributed by atoms with Crippen LogP contribution < -0.4 is 10.6 Å². The molecule has 0 radical (unpaired) electrons. The molecule has 1 heterocycles. The van der Waals surface area contributed by atoms with E-state index < -0.39 is 11.5 Å². The number of amides is 2. The summed E-state index contributed by atoms with van der Waals surface area (Å²) in [7, 11) is 0. The lowest BCUT2D eigenvalue weighted by Crippen LogP contribution is -2.50. The molecule has 0 aromatic heterocycles. The molecule has 104 valence electrons. The fraction of sp³-hybridized carbons (Fsp3) is 0.833. The highest BCUT2D eigenvalue weighted by atomic mass is 32.2. The number of carbonyl (C=O) groups is 2. The van der Waals surface area contributed by atoms with Crippen LogP contribution in [0.2, 0.25) is 0 Å². The normalized spacial score (nSPS) is 17.2. The van der Waals surface area contributed by atoms with Crippen molar-refractivity contribution < 1.29 is 14.7 Å². The molecule has 1 saturated heterocycles. The quantitative estimate of drug-likeness (QED) is 0.713. The lowest BCUT2D eigenvalue weighted by atomic mass is 10.0. The molecule has 3 N–H and O–H groups in total. The van der Waals surface area contributed by atoms with E-state index in [0.29, 0.717) is 12.5 Å². The summed E-state index contributed by atoms with van der Waals surface area (Å²) in [4.78, 5) is 22.3. The van der Waals surface area contributed by atoms with E-state index in [0.717, 1.165) is 12.8 Å². The Balaban J connectivity index is 2.25. The van der Waals surface area contributed by atoms with E-state index in [1.54, 1.807) is 13.8 Å². The molecule has 0 atom stereocenters. The zero-order valence-corrected chi connectivity index (χ0v) is 11.8. The Bertz CT molecular complexity index is 302. The molecule has 1 aliphatic heterocycles. The van der Waals surface area contributed by atoms with Gasteiger partial charge in [0.2, 0.25) is 0 Å². The van der Waals surface area contributed by atoms with E-state index in [9.17, 15) is 9.59 Å². The molecule has 6 heteroatoms. The topological polar surface area (TPSA) is 78.4 Å². The van der Waals surface area contributed by atoms with Gasteiger partial charge in [-0.05, 0) is 44.1 Å². The van der Waals surface area contributed by atoms with Crippen molar-refractivity contribution in [1.82, 2.24) is 10.6 Å². The molecule has 2 amide bonds. The Hall–Kier alpha value is -0.910. The van der Waals surface area contributed by atoms with E-state index >= 15 is 0 Å². The number of hydrogen-bond acceptors (Lipinski definition) is 3. The highest BCUT2D eigenvalue weighted by Crippen LogP contribution is 2.21. The van der Waals surface area contributed by atoms with Crippen molar-refractivity contribution in [3.63, 3.8) is 0 Å². The van der Waals surface area contributed by atoms with Gasteiger partial charge in [-0.15, -0.1) is 0 Å². The third kappa shape index (κ3) is 6.14. The second kappa shape index (κ2) is 6.87. The molecular formula is C12H22N2O3S. The molecule has 0 unspecified atom stereocenters. The summed E-state index contributed by atoms with van der Waals surface area (Å²) in [6, 6.07) is -0.278. The van der Waals surface area contributed by atoms with Crippen LogP contribution in [0.1, 0.15) is 33.1 Å². The van der Waals surface area contributed by atoms with Crippen molar-refractivity contribution >= 4 is 23.8 Å². The zero-order valence-electron chi connectivity index (χ0n) is 11.0. The summed E-state index contributed by atoms with van der Waals surface area (Å²) in [6.45, 7) is 4.09. The Morgan fingerprint density at radius 2 is 1.94 bits per heavy atom. The summed E-state index contributed by atoms with van der Waals surface area (Å²) in [5.74, 6) is 1.97. The maximum atomic E-state index is 11.7. The number of rotatable bonds is 5. The van der Waals surface area contributed by atoms with Crippen LogP contribution in [0.4, 0.5) is 4.79 Å². The molecule has 0 aromatic rings. The highest BCUT2D eigenvalue weighted by molar-refractivity contribution is 7.99. The second-order valence-electron chi connectivity index (χ2n) is 5.35. The first-order chi connectivity index (χ1) is 8.39. The summed E-state index contributed by atoms with van der Waals surface area (Å²) in [5, 5.41) is 14.2. The third-order valence-corrected chi connectivity index (χ3v) is 3.99. The lowest BCUT2D eigenvalue weighted by Gasteiger charge is -2.26. The standard InChI is InChI=1S/C12H22N2O3S/c1-12(2,7-10(15)16)14-11(17)13-8-9-3-5-18-6-4-9/h9H,3-8H2,1-2H3,(H,15,16)(H2,13,14,17). The van der Waals surface area contributed by atoms with Crippen molar-refractivity contribution in [2.24, 2.45) is 5.92 Å². The van der Waals surface area contributed by atoms with E-state index in [1.165, 1.54) is 11.5 Å². The highest BCUT2D eigenvalue weighted by Gasteiger charge is 2.24. The van der Waals surface area contributed by atoms with Gasteiger partial charge in [-0.2, -0.15) is 11.8 Å². The summed E-state index contributed by atoms with van der Waals surface area (Å²) >= 11 is 1.96. The van der Waals surface area contributed by atoms with Gasteiger partial charge >= 0.3 is 12.0 Å². The van der Waals surface area contributed by atoms with Crippen LogP contribution >= 0.6 is 11.8 Å². The van der Waals surface area contributed by atoms with Gasteiger partial charge in [-0.1, -0.05) is 0 Å². The molecule has 0 aromatic carbocycles. The van der Waals surface area contributed by atoms with Gasteiger partial charge in [-0.25, -0.2) is 4.79 Å². The molecule has 1 aliphatic rings. The Labute approximate surface area is 112 Å². The smallest absolute Gasteiger partial charge is 0.315 e. The van der Waals surface area contributed by atoms with Gasteiger partial charge in [0, 0.05) is 12.1 Å². The van der Waals surface area contributed by atoms with Crippen LogP contribution in [0, 0.1) is 5.92 Å². The van der Waals surface area contributed by atoms with Gasteiger partial charge in [0.15, 0.2) is 0 Å². The summed E-state index contributed by atoms with van der Waals surface area (Å²) in [5.41, 5.74) is -0.724.